The summed E-state index contributed by atoms with van der Waals surface area (Å²) in [4.78, 5) is 0. The van der Waals surface area contributed by atoms with Crippen molar-refractivity contribution < 1.29 is 29.6 Å². The summed E-state index contributed by atoms with van der Waals surface area (Å²) in [7, 11) is 0. The maximum Gasteiger partial charge on any atom is 0.132 e. The van der Waals surface area contributed by atoms with Crippen LogP contribution in [-0.4, -0.2) is 86.8 Å². The quantitative estimate of drug-likeness (QED) is 0.196. The maximum absolute atomic E-state index is 13.0. The highest BCUT2D eigenvalue weighted by atomic mass is 35.5. The Labute approximate surface area is 221 Å². The molecule has 0 amide bonds. The second-order valence-electron chi connectivity index (χ2n) is 9.38. The Bertz CT molecular complexity index is 872. The average Bonchev–Trinajstić information content (AvgIpc) is 3.11. The third-order valence-electron chi connectivity index (χ3n) is 6.73. The van der Waals surface area contributed by atoms with Gasteiger partial charge >= 0.3 is 0 Å². The first-order valence-electron chi connectivity index (χ1n) is 12.3. The fourth-order valence-electron chi connectivity index (χ4n) is 4.56. The number of thioether (sulfide) groups is 1. The van der Waals surface area contributed by atoms with Gasteiger partial charge in [0.05, 0.1) is 6.04 Å². The molecule has 0 saturated carbocycles. The van der Waals surface area contributed by atoms with Gasteiger partial charge in [-0.3, -0.25) is 5.32 Å². The highest BCUT2D eigenvalue weighted by Crippen LogP contribution is 2.30. The van der Waals surface area contributed by atoms with Crippen LogP contribution in [0.1, 0.15) is 31.7 Å². The Morgan fingerprint density at radius 1 is 1.22 bits per heavy atom. The van der Waals surface area contributed by atoms with Gasteiger partial charge in [0.1, 0.15) is 41.9 Å². The number of alkyl halides is 1. The molecule has 3 rings (SSSR count). The fraction of sp³-hybridized carbons (Fsp3) is 0.615. The highest BCUT2D eigenvalue weighted by Gasteiger charge is 2.47. The lowest BCUT2D eigenvalue weighted by Crippen LogP contribution is -2.66. The topological polar surface area (TPSA) is 114 Å². The van der Waals surface area contributed by atoms with Crippen LogP contribution < -0.4 is 10.6 Å². The average molecular weight is 545 g/mol. The summed E-state index contributed by atoms with van der Waals surface area (Å²) < 4.78 is 18.9. The van der Waals surface area contributed by atoms with Gasteiger partial charge in [0, 0.05) is 11.4 Å². The minimum Gasteiger partial charge on any atom is -0.388 e. The molecule has 2 aliphatic heterocycles. The first-order valence-corrected chi connectivity index (χ1v) is 14.1. The van der Waals surface area contributed by atoms with E-state index in [4.69, 9.17) is 16.3 Å². The number of nitrogens with one attached hydrogen (secondary N) is 2. The molecule has 0 aliphatic carbocycles. The molecule has 6 N–H and O–H groups in total. The van der Waals surface area contributed by atoms with E-state index < -0.39 is 47.5 Å². The molecular weight excluding hydrogens is 507 g/mol. The SMILES string of the molecule is CSC1O[C@H]([C@H](NC(O)C2CC=C(/C=C/CCc3ccc(F)cc3)CCN2)[C@H](C)Cl)[C@@H](O)C(O)[C@H]1O. The zero-order valence-corrected chi connectivity index (χ0v) is 22.2. The third-order valence-corrected chi connectivity index (χ3v) is 7.86. The van der Waals surface area contributed by atoms with Crippen molar-refractivity contribution in [1.82, 2.24) is 10.6 Å². The van der Waals surface area contributed by atoms with E-state index in [2.05, 4.69) is 28.9 Å². The minimum absolute atomic E-state index is 0.230. The van der Waals surface area contributed by atoms with Gasteiger partial charge < -0.3 is 30.5 Å². The Kier molecular flexibility index (Phi) is 11.7. The van der Waals surface area contributed by atoms with Crippen molar-refractivity contribution in [2.24, 2.45) is 0 Å². The lowest BCUT2D eigenvalue weighted by molar-refractivity contribution is -0.207. The lowest BCUT2D eigenvalue weighted by atomic mass is 9.92. The third kappa shape index (κ3) is 7.99. The standard InChI is InChI=1S/C26H38ClFN2O5S/c1-15(27)20(24-22(32)21(31)23(33)26(35-24)36-2)30-25(34)19-12-9-17(13-14-29-19)6-4-3-5-16-7-10-18(28)11-8-16/h4,6-11,15,19-26,29-34H,3,5,12-14H2,1-2H3/b6-4+/t15-,19?,20+,21?,22-,23+,24+,25?,26?/m0/s1. The summed E-state index contributed by atoms with van der Waals surface area (Å²) in [6, 6.07) is 5.58. The number of hydrogen-bond donors (Lipinski definition) is 6. The van der Waals surface area contributed by atoms with Crippen LogP contribution in [0.2, 0.25) is 0 Å². The summed E-state index contributed by atoms with van der Waals surface area (Å²) >= 11 is 7.63. The highest BCUT2D eigenvalue weighted by molar-refractivity contribution is 7.99. The predicted molar refractivity (Wildman–Crippen MR) is 141 cm³/mol. The molecule has 7 nitrogen and oxygen atoms in total. The number of aliphatic hydroxyl groups excluding tert-OH is 4. The van der Waals surface area contributed by atoms with E-state index in [9.17, 15) is 24.8 Å². The van der Waals surface area contributed by atoms with Gasteiger partial charge in [0.15, 0.2) is 0 Å². The van der Waals surface area contributed by atoms with Gasteiger partial charge in [-0.15, -0.1) is 23.4 Å². The number of hydrogen-bond acceptors (Lipinski definition) is 8. The molecule has 202 valence electrons. The van der Waals surface area contributed by atoms with Crippen LogP contribution in [0.3, 0.4) is 0 Å². The summed E-state index contributed by atoms with van der Waals surface area (Å²) in [6.07, 6.45) is 5.27. The molecule has 0 spiro atoms. The first kappa shape index (κ1) is 29.5. The minimum atomic E-state index is -1.38. The molecule has 0 radical (unpaired) electrons. The second kappa shape index (κ2) is 14.2. The van der Waals surface area contributed by atoms with E-state index in [1.54, 1.807) is 25.3 Å². The van der Waals surface area contributed by atoms with Crippen molar-refractivity contribution >= 4 is 23.4 Å². The molecule has 0 bridgehead atoms. The molecule has 2 heterocycles. The van der Waals surface area contributed by atoms with Crippen LogP contribution in [0.4, 0.5) is 4.39 Å². The van der Waals surface area contributed by atoms with Crippen molar-refractivity contribution in [3.63, 3.8) is 0 Å². The number of aliphatic hydroxyl groups is 4. The summed E-state index contributed by atoms with van der Waals surface area (Å²) in [5, 5.41) is 47.9. The molecule has 0 aromatic heterocycles. The molecule has 1 fully saturated rings. The molecule has 36 heavy (non-hydrogen) atoms. The van der Waals surface area contributed by atoms with E-state index in [0.717, 1.165) is 24.8 Å². The van der Waals surface area contributed by atoms with E-state index in [0.29, 0.717) is 13.0 Å². The normalized spacial score (nSPS) is 32.1. The molecule has 2 aliphatic rings. The number of rotatable bonds is 10. The Hall–Kier alpha value is -1.01. The number of benzene rings is 1. The van der Waals surface area contributed by atoms with Crippen LogP contribution in [0.15, 0.2) is 48.1 Å². The molecular formula is C26H38ClFN2O5S. The van der Waals surface area contributed by atoms with Crippen LogP contribution in [0.5, 0.6) is 0 Å². The monoisotopic (exact) mass is 544 g/mol. The van der Waals surface area contributed by atoms with Crippen molar-refractivity contribution in [1.29, 1.82) is 0 Å². The largest absolute Gasteiger partial charge is 0.388 e. The fourth-order valence-corrected chi connectivity index (χ4v) is 5.46. The number of aryl methyl sites for hydroxylation is 1. The van der Waals surface area contributed by atoms with Gasteiger partial charge in [-0.05, 0) is 63.1 Å². The molecule has 9 atom stereocenters. The second-order valence-corrected chi connectivity index (χ2v) is 11.0. The van der Waals surface area contributed by atoms with Crippen molar-refractivity contribution in [2.45, 2.75) is 86.1 Å². The molecule has 4 unspecified atom stereocenters. The predicted octanol–water partition coefficient (Wildman–Crippen LogP) is 2.07. The summed E-state index contributed by atoms with van der Waals surface area (Å²) in [5.41, 5.74) is 1.54. The smallest absolute Gasteiger partial charge is 0.132 e. The van der Waals surface area contributed by atoms with E-state index >= 15 is 0 Å². The van der Waals surface area contributed by atoms with Crippen LogP contribution in [-0.2, 0) is 11.2 Å². The maximum atomic E-state index is 13.0. The summed E-state index contributed by atoms with van der Waals surface area (Å²) in [6.45, 7) is 2.41. The van der Waals surface area contributed by atoms with Crippen molar-refractivity contribution in [2.75, 3.05) is 12.8 Å². The van der Waals surface area contributed by atoms with Gasteiger partial charge in [0.2, 0.25) is 0 Å². The van der Waals surface area contributed by atoms with E-state index in [-0.39, 0.29) is 11.9 Å². The van der Waals surface area contributed by atoms with Gasteiger partial charge in [-0.2, -0.15) is 0 Å². The van der Waals surface area contributed by atoms with Crippen molar-refractivity contribution in [3.8, 4) is 0 Å². The number of ether oxygens (including phenoxy) is 1. The number of allylic oxidation sites excluding steroid dienone is 2. The van der Waals surface area contributed by atoms with Crippen LogP contribution in [0.25, 0.3) is 0 Å². The Morgan fingerprint density at radius 2 is 1.94 bits per heavy atom. The van der Waals surface area contributed by atoms with E-state index in [1.807, 2.05) is 0 Å². The molecule has 1 aromatic rings. The molecule has 1 saturated heterocycles. The molecule has 10 heteroatoms. The van der Waals surface area contributed by atoms with Gasteiger partial charge in [0.25, 0.3) is 0 Å². The van der Waals surface area contributed by atoms with Gasteiger partial charge in [-0.25, -0.2) is 4.39 Å². The van der Waals surface area contributed by atoms with Crippen molar-refractivity contribution in [3.05, 3.63) is 59.4 Å². The zero-order valence-electron chi connectivity index (χ0n) is 20.6. The van der Waals surface area contributed by atoms with Gasteiger partial charge in [-0.1, -0.05) is 35.9 Å². The Balaban J connectivity index is 1.56. The first-order chi connectivity index (χ1) is 17.2. The van der Waals surface area contributed by atoms with Crippen LogP contribution in [0, 0.1) is 5.82 Å². The molecule has 1 aromatic carbocycles. The number of halogens is 2. The zero-order chi connectivity index (χ0) is 26.2. The van der Waals surface area contributed by atoms with E-state index in [1.165, 1.54) is 29.5 Å². The lowest BCUT2D eigenvalue weighted by Gasteiger charge is -2.44. The summed E-state index contributed by atoms with van der Waals surface area (Å²) in [5.74, 6) is -0.230. The Morgan fingerprint density at radius 3 is 2.61 bits per heavy atom. The van der Waals surface area contributed by atoms with Crippen LogP contribution >= 0.6 is 23.4 Å².